The van der Waals surface area contributed by atoms with Crippen molar-refractivity contribution in [2.75, 3.05) is 19.5 Å². The number of sulfonamides is 1. The molecule has 0 bridgehead atoms. The molecule has 0 aliphatic rings. The molecule has 0 amide bonds. The van der Waals surface area contributed by atoms with Crippen LogP contribution in [-0.4, -0.2) is 44.6 Å². The normalized spacial score (nSPS) is 12.5. The summed E-state index contributed by atoms with van der Waals surface area (Å²) >= 11 is 0. The van der Waals surface area contributed by atoms with Gasteiger partial charge < -0.3 is 14.8 Å². The molecule has 0 saturated carbocycles. The predicted molar refractivity (Wildman–Crippen MR) is 121 cm³/mol. The number of aromatic nitrogens is 2. The minimum absolute atomic E-state index is 0.0618. The lowest BCUT2D eigenvalue weighted by molar-refractivity contribution is -0.142. The second kappa shape index (κ2) is 9.92. The summed E-state index contributed by atoms with van der Waals surface area (Å²) < 4.78 is 37.8. The average molecular weight is 459 g/mol. The first-order chi connectivity index (χ1) is 15.2. The fourth-order valence-corrected chi connectivity index (χ4v) is 4.06. The van der Waals surface area contributed by atoms with Crippen LogP contribution in [-0.2, 0) is 26.1 Å². The molecule has 1 atom stereocenters. The van der Waals surface area contributed by atoms with Crippen LogP contribution < -0.4 is 14.8 Å². The van der Waals surface area contributed by atoms with Crippen LogP contribution in [0.25, 0.3) is 10.9 Å². The lowest BCUT2D eigenvalue weighted by atomic mass is 10.0. The van der Waals surface area contributed by atoms with Crippen LogP contribution in [0.1, 0.15) is 19.7 Å². The molecular formula is C22H26N4O5S. The second-order valence-corrected chi connectivity index (χ2v) is 9.16. The van der Waals surface area contributed by atoms with Crippen molar-refractivity contribution in [2.24, 2.45) is 5.92 Å². The number of nitrogens with zero attached hydrogens (tertiary/aromatic N) is 2. The first-order valence-corrected chi connectivity index (χ1v) is 11.5. The van der Waals surface area contributed by atoms with Crippen molar-refractivity contribution in [2.45, 2.75) is 31.3 Å². The highest BCUT2D eigenvalue weighted by Crippen LogP contribution is 2.23. The number of hydrogen-bond donors (Lipinski definition) is 2. The Hall–Kier alpha value is -3.24. The molecule has 3 aromatic rings. The van der Waals surface area contributed by atoms with E-state index in [1.165, 1.54) is 26.4 Å². The largest absolute Gasteiger partial charge is 0.497 e. The molecule has 3 rings (SSSR count). The number of nitrogens with one attached hydrogen (secondary N) is 2. The molecule has 2 N–H and O–H groups in total. The van der Waals surface area contributed by atoms with E-state index in [1.54, 1.807) is 18.2 Å². The van der Waals surface area contributed by atoms with Gasteiger partial charge in [0.2, 0.25) is 10.0 Å². The maximum Gasteiger partial charge on any atom is 0.328 e. The Balaban J connectivity index is 1.89. The van der Waals surface area contributed by atoms with Gasteiger partial charge in [0.15, 0.2) is 0 Å². The Morgan fingerprint density at radius 1 is 1.03 bits per heavy atom. The van der Waals surface area contributed by atoms with Crippen LogP contribution in [0.2, 0.25) is 0 Å². The van der Waals surface area contributed by atoms with Gasteiger partial charge in [0.25, 0.3) is 0 Å². The summed E-state index contributed by atoms with van der Waals surface area (Å²) in [5, 5.41) is 3.85. The third-order valence-corrected chi connectivity index (χ3v) is 6.27. The number of benzene rings is 2. The molecule has 170 valence electrons. The number of methoxy groups -OCH3 is 2. The Kier molecular flexibility index (Phi) is 7.26. The van der Waals surface area contributed by atoms with E-state index in [9.17, 15) is 13.2 Å². The predicted octanol–water partition coefficient (Wildman–Crippen LogP) is 2.73. The molecule has 32 heavy (non-hydrogen) atoms. The molecule has 0 aliphatic heterocycles. The summed E-state index contributed by atoms with van der Waals surface area (Å²) in [6, 6.07) is 12.7. The van der Waals surface area contributed by atoms with Gasteiger partial charge in [0.05, 0.1) is 31.2 Å². The molecule has 0 saturated heterocycles. The van der Waals surface area contributed by atoms with Crippen LogP contribution >= 0.6 is 0 Å². The summed E-state index contributed by atoms with van der Waals surface area (Å²) in [5.41, 5.74) is 0.621. The molecule has 2 aromatic carbocycles. The Labute approximate surface area is 187 Å². The third-order valence-electron chi connectivity index (χ3n) is 4.85. The van der Waals surface area contributed by atoms with Crippen LogP contribution in [0, 0.1) is 5.92 Å². The summed E-state index contributed by atoms with van der Waals surface area (Å²) in [6.45, 7) is 3.65. The number of para-hydroxylation sites is 1. The van der Waals surface area contributed by atoms with Crippen LogP contribution in [0.3, 0.4) is 0 Å². The van der Waals surface area contributed by atoms with Crippen molar-refractivity contribution in [3.8, 4) is 5.75 Å². The highest BCUT2D eigenvalue weighted by molar-refractivity contribution is 7.89. The Bertz CT molecular complexity index is 1200. The van der Waals surface area contributed by atoms with E-state index >= 15 is 0 Å². The molecule has 0 spiro atoms. The van der Waals surface area contributed by atoms with Crippen molar-refractivity contribution in [3.63, 3.8) is 0 Å². The van der Waals surface area contributed by atoms with Crippen LogP contribution in [0.15, 0.2) is 53.4 Å². The van der Waals surface area contributed by atoms with E-state index in [4.69, 9.17) is 9.47 Å². The van der Waals surface area contributed by atoms with E-state index < -0.39 is 22.0 Å². The van der Waals surface area contributed by atoms with E-state index in [1.807, 2.05) is 32.0 Å². The van der Waals surface area contributed by atoms with Gasteiger partial charge >= 0.3 is 5.97 Å². The molecule has 0 radical (unpaired) electrons. The summed E-state index contributed by atoms with van der Waals surface area (Å²) in [6.07, 6.45) is 0. The molecule has 0 aliphatic carbocycles. The van der Waals surface area contributed by atoms with Crippen molar-refractivity contribution in [1.29, 1.82) is 0 Å². The summed E-state index contributed by atoms with van der Waals surface area (Å²) in [4.78, 5) is 21.3. The van der Waals surface area contributed by atoms with Crippen LogP contribution in [0.5, 0.6) is 5.75 Å². The van der Waals surface area contributed by atoms with E-state index in [0.717, 1.165) is 0 Å². The van der Waals surface area contributed by atoms with Crippen molar-refractivity contribution in [3.05, 3.63) is 54.4 Å². The first kappa shape index (κ1) is 23.4. The van der Waals surface area contributed by atoms with Gasteiger partial charge in [-0.25, -0.2) is 27.9 Å². The maximum atomic E-state index is 12.7. The molecule has 1 aromatic heterocycles. The number of ether oxygens (including phenoxy) is 2. The minimum atomic E-state index is -3.78. The highest BCUT2D eigenvalue weighted by Gasteiger charge is 2.24. The number of esters is 1. The summed E-state index contributed by atoms with van der Waals surface area (Å²) in [7, 11) is -0.945. The quantitative estimate of drug-likeness (QED) is 0.470. The first-order valence-electron chi connectivity index (χ1n) is 9.99. The van der Waals surface area contributed by atoms with Gasteiger partial charge in [-0.15, -0.1) is 0 Å². The van der Waals surface area contributed by atoms with Gasteiger partial charge in [0, 0.05) is 5.39 Å². The zero-order chi connectivity index (χ0) is 23.3. The lowest BCUT2D eigenvalue weighted by Gasteiger charge is -2.21. The molecule has 1 heterocycles. The fraction of sp³-hybridized carbons (Fsp3) is 0.318. The topological polar surface area (TPSA) is 120 Å². The SMILES string of the molecule is COC(=O)[C@@H](Nc1nc(CNS(=O)(=O)c2ccc(OC)cc2)nc2ccccc12)C(C)C. The zero-order valence-electron chi connectivity index (χ0n) is 18.3. The van der Waals surface area contributed by atoms with Gasteiger partial charge in [-0.1, -0.05) is 26.0 Å². The van der Waals surface area contributed by atoms with Gasteiger partial charge in [-0.2, -0.15) is 0 Å². The van der Waals surface area contributed by atoms with Gasteiger partial charge in [-0.3, -0.25) is 0 Å². The molecular weight excluding hydrogens is 432 g/mol. The molecule has 0 fully saturated rings. The summed E-state index contributed by atoms with van der Waals surface area (Å²) in [5.74, 6) is 0.773. The van der Waals surface area contributed by atoms with E-state index in [-0.39, 0.29) is 23.2 Å². The zero-order valence-corrected chi connectivity index (χ0v) is 19.1. The fourth-order valence-electron chi connectivity index (χ4n) is 3.08. The lowest BCUT2D eigenvalue weighted by Crippen LogP contribution is -2.36. The Morgan fingerprint density at radius 3 is 2.34 bits per heavy atom. The van der Waals surface area contributed by atoms with Gasteiger partial charge in [0.1, 0.15) is 23.4 Å². The number of fused-ring (bicyclic) bond motifs is 1. The number of anilines is 1. The monoisotopic (exact) mass is 458 g/mol. The number of rotatable bonds is 9. The van der Waals surface area contributed by atoms with Crippen molar-refractivity contribution >= 4 is 32.7 Å². The van der Waals surface area contributed by atoms with Gasteiger partial charge in [-0.05, 0) is 42.3 Å². The standard InChI is InChI=1S/C22H26N4O5S/c1-14(2)20(22(27)31-4)26-21-17-7-5-6-8-18(17)24-19(25-21)13-23-32(28,29)16-11-9-15(30-3)10-12-16/h5-12,14,20,23H,13H2,1-4H3,(H,24,25,26)/t20-/m0/s1. The second-order valence-electron chi connectivity index (χ2n) is 7.39. The smallest absolute Gasteiger partial charge is 0.328 e. The number of carbonyl (C=O) groups excluding carboxylic acids is 1. The number of hydrogen-bond acceptors (Lipinski definition) is 8. The van der Waals surface area contributed by atoms with E-state index in [0.29, 0.717) is 22.5 Å². The maximum absolute atomic E-state index is 12.7. The van der Waals surface area contributed by atoms with Crippen LogP contribution in [0.4, 0.5) is 5.82 Å². The van der Waals surface area contributed by atoms with Crippen molar-refractivity contribution in [1.82, 2.24) is 14.7 Å². The molecule has 9 nitrogen and oxygen atoms in total. The molecule has 10 heteroatoms. The highest BCUT2D eigenvalue weighted by atomic mass is 32.2. The third kappa shape index (κ3) is 5.32. The average Bonchev–Trinajstić information content (AvgIpc) is 2.80. The number of carbonyl (C=O) groups is 1. The van der Waals surface area contributed by atoms with Crippen molar-refractivity contribution < 1.29 is 22.7 Å². The minimum Gasteiger partial charge on any atom is -0.497 e. The Morgan fingerprint density at radius 2 is 1.72 bits per heavy atom. The molecule has 0 unspecified atom stereocenters. The van der Waals surface area contributed by atoms with E-state index in [2.05, 4.69) is 20.0 Å².